The van der Waals surface area contributed by atoms with Crippen LogP contribution in [0.3, 0.4) is 0 Å². The van der Waals surface area contributed by atoms with E-state index in [1.807, 2.05) is 0 Å². The summed E-state index contributed by atoms with van der Waals surface area (Å²) in [5.41, 5.74) is 0.743. The van der Waals surface area contributed by atoms with Crippen molar-refractivity contribution in [1.82, 2.24) is 0 Å². The maximum Gasteiger partial charge on any atom is 0.416 e. The van der Waals surface area contributed by atoms with Crippen LogP contribution in [-0.4, -0.2) is 13.7 Å². The highest BCUT2D eigenvalue weighted by molar-refractivity contribution is 5.75. The molecule has 0 unspecified atom stereocenters. The van der Waals surface area contributed by atoms with E-state index >= 15 is 0 Å². The minimum atomic E-state index is -4.27. The number of hydrogen-bond acceptors (Lipinski definition) is 2. The molecule has 0 saturated heterocycles. The molecule has 1 N–H and O–H groups in total. The number of alkyl halides is 3. The van der Waals surface area contributed by atoms with Gasteiger partial charge in [0.05, 0.1) is 23.6 Å². The standard InChI is InChI=1S/C9H9F3N2/c1-14-5-13-7-3-2-6(4-8(7)14)9(10,11)12/h2-4,13H,5H2,1H3. The molecule has 1 aliphatic heterocycles. The van der Waals surface area contributed by atoms with E-state index < -0.39 is 11.7 Å². The average Bonchev–Trinajstić information content (AvgIpc) is 2.46. The van der Waals surface area contributed by atoms with E-state index in [4.69, 9.17) is 0 Å². The van der Waals surface area contributed by atoms with Gasteiger partial charge >= 0.3 is 6.18 Å². The minimum Gasteiger partial charge on any atom is -0.366 e. The van der Waals surface area contributed by atoms with Gasteiger partial charge in [-0.05, 0) is 18.2 Å². The predicted molar refractivity (Wildman–Crippen MR) is 48.3 cm³/mol. The molecule has 76 valence electrons. The van der Waals surface area contributed by atoms with Gasteiger partial charge in [-0.15, -0.1) is 0 Å². The van der Waals surface area contributed by atoms with Crippen molar-refractivity contribution in [3.63, 3.8) is 0 Å². The molecule has 14 heavy (non-hydrogen) atoms. The SMILES string of the molecule is CN1CNc2ccc(C(F)(F)F)cc21. The van der Waals surface area contributed by atoms with Gasteiger partial charge in [0.1, 0.15) is 0 Å². The van der Waals surface area contributed by atoms with Crippen molar-refractivity contribution in [1.29, 1.82) is 0 Å². The molecule has 0 spiro atoms. The van der Waals surface area contributed by atoms with E-state index in [1.54, 1.807) is 11.9 Å². The van der Waals surface area contributed by atoms with Crippen molar-refractivity contribution in [3.8, 4) is 0 Å². The Morgan fingerprint density at radius 2 is 2.07 bits per heavy atom. The molecule has 0 fully saturated rings. The van der Waals surface area contributed by atoms with Gasteiger partial charge in [0, 0.05) is 7.05 Å². The van der Waals surface area contributed by atoms with Crippen LogP contribution >= 0.6 is 0 Å². The first-order valence-corrected chi connectivity index (χ1v) is 4.15. The van der Waals surface area contributed by atoms with Crippen LogP contribution in [0, 0.1) is 0 Å². The third-order valence-electron chi connectivity index (χ3n) is 2.24. The molecule has 2 rings (SSSR count). The maximum absolute atomic E-state index is 12.3. The summed E-state index contributed by atoms with van der Waals surface area (Å²) in [5.74, 6) is 0. The maximum atomic E-state index is 12.3. The van der Waals surface area contributed by atoms with Crippen molar-refractivity contribution in [2.24, 2.45) is 0 Å². The van der Waals surface area contributed by atoms with Gasteiger partial charge < -0.3 is 10.2 Å². The fourth-order valence-electron chi connectivity index (χ4n) is 1.46. The van der Waals surface area contributed by atoms with Crippen LogP contribution in [-0.2, 0) is 6.18 Å². The first kappa shape index (κ1) is 9.18. The smallest absolute Gasteiger partial charge is 0.366 e. The zero-order valence-electron chi connectivity index (χ0n) is 7.52. The lowest BCUT2D eigenvalue weighted by atomic mass is 10.1. The number of fused-ring (bicyclic) bond motifs is 1. The van der Waals surface area contributed by atoms with E-state index in [0.717, 1.165) is 17.8 Å². The van der Waals surface area contributed by atoms with Crippen LogP contribution in [0.15, 0.2) is 18.2 Å². The molecule has 0 aromatic heterocycles. The van der Waals surface area contributed by atoms with Crippen molar-refractivity contribution in [2.75, 3.05) is 23.9 Å². The lowest BCUT2D eigenvalue weighted by molar-refractivity contribution is -0.137. The number of halogens is 3. The highest BCUT2D eigenvalue weighted by Crippen LogP contribution is 2.37. The van der Waals surface area contributed by atoms with Crippen LogP contribution in [0.4, 0.5) is 24.5 Å². The second kappa shape index (κ2) is 2.80. The fraction of sp³-hybridized carbons (Fsp3) is 0.333. The topological polar surface area (TPSA) is 15.3 Å². The Labute approximate surface area is 79.3 Å². The first-order chi connectivity index (χ1) is 6.48. The quantitative estimate of drug-likeness (QED) is 0.695. The molecule has 0 saturated carbocycles. The molecule has 0 atom stereocenters. The van der Waals surface area contributed by atoms with Gasteiger partial charge in [-0.2, -0.15) is 13.2 Å². The van der Waals surface area contributed by atoms with E-state index in [9.17, 15) is 13.2 Å². The van der Waals surface area contributed by atoms with Gasteiger partial charge in [0.15, 0.2) is 0 Å². The van der Waals surface area contributed by atoms with Crippen LogP contribution < -0.4 is 10.2 Å². The summed E-state index contributed by atoms with van der Waals surface area (Å²) in [5, 5.41) is 2.99. The summed E-state index contributed by atoms with van der Waals surface area (Å²) in [6.07, 6.45) is -4.27. The van der Waals surface area contributed by atoms with E-state index in [2.05, 4.69) is 5.32 Å². The van der Waals surface area contributed by atoms with Crippen molar-refractivity contribution < 1.29 is 13.2 Å². The Morgan fingerprint density at radius 1 is 1.36 bits per heavy atom. The highest BCUT2D eigenvalue weighted by Gasteiger charge is 2.32. The van der Waals surface area contributed by atoms with Gasteiger partial charge in [-0.25, -0.2) is 0 Å². The molecule has 0 bridgehead atoms. The Morgan fingerprint density at radius 3 is 2.71 bits per heavy atom. The Balaban J connectivity index is 2.45. The minimum absolute atomic E-state index is 0.552. The average molecular weight is 202 g/mol. The predicted octanol–water partition coefficient (Wildman–Crippen LogP) is 2.52. The van der Waals surface area contributed by atoms with Gasteiger partial charge in [0.25, 0.3) is 0 Å². The van der Waals surface area contributed by atoms with E-state index in [-0.39, 0.29) is 0 Å². The highest BCUT2D eigenvalue weighted by atomic mass is 19.4. The van der Waals surface area contributed by atoms with Crippen LogP contribution in [0.1, 0.15) is 5.56 Å². The fourth-order valence-corrected chi connectivity index (χ4v) is 1.46. The third-order valence-corrected chi connectivity index (χ3v) is 2.24. The molecule has 1 heterocycles. The van der Waals surface area contributed by atoms with Crippen molar-refractivity contribution >= 4 is 11.4 Å². The molecule has 5 heteroatoms. The normalized spacial score (nSPS) is 15.3. The van der Waals surface area contributed by atoms with Crippen molar-refractivity contribution in [2.45, 2.75) is 6.18 Å². The largest absolute Gasteiger partial charge is 0.416 e. The number of benzene rings is 1. The molecule has 1 aromatic rings. The van der Waals surface area contributed by atoms with Crippen molar-refractivity contribution in [3.05, 3.63) is 23.8 Å². The molecule has 0 radical (unpaired) electrons. The van der Waals surface area contributed by atoms with Gasteiger partial charge in [0.2, 0.25) is 0 Å². The summed E-state index contributed by atoms with van der Waals surface area (Å²) < 4.78 is 37.0. The van der Waals surface area contributed by atoms with E-state index in [1.165, 1.54) is 6.07 Å². The lowest BCUT2D eigenvalue weighted by Gasteiger charge is -2.12. The summed E-state index contributed by atoms with van der Waals surface area (Å²) in [7, 11) is 1.75. The Kier molecular flexibility index (Phi) is 1.83. The molecular formula is C9H9F3N2. The molecule has 1 aromatic carbocycles. The number of hydrogen-bond donors (Lipinski definition) is 1. The molecule has 0 amide bonds. The second-order valence-electron chi connectivity index (χ2n) is 3.26. The first-order valence-electron chi connectivity index (χ1n) is 4.15. The Hall–Kier alpha value is -1.39. The number of nitrogens with one attached hydrogen (secondary N) is 1. The zero-order valence-corrected chi connectivity index (χ0v) is 7.52. The zero-order chi connectivity index (χ0) is 10.3. The van der Waals surface area contributed by atoms with Crippen LogP contribution in [0.5, 0.6) is 0 Å². The van der Waals surface area contributed by atoms with Gasteiger partial charge in [-0.3, -0.25) is 0 Å². The molecule has 1 aliphatic rings. The molecule has 2 nitrogen and oxygen atoms in total. The van der Waals surface area contributed by atoms with Crippen LogP contribution in [0.2, 0.25) is 0 Å². The summed E-state index contributed by atoms with van der Waals surface area (Å²) in [6, 6.07) is 3.71. The third kappa shape index (κ3) is 1.38. The lowest BCUT2D eigenvalue weighted by Crippen LogP contribution is -2.16. The van der Waals surface area contributed by atoms with E-state index in [0.29, 0.717) is 12.4 Å². The summed E-state index contributed by atoms with van der Waals surface area (Å²) >= 11 is 0. The summed E-state index contributed by atoms with van der Waals surface area (Å²) in [6.45, 7) is 0.552. The summed E-state index contributed by atoms with van der Waals surface area (Å²) in [4.78, 5) is 1.74. The number of rotatable bonds is 0. The second-order valence-corrected chi connectivity index (χ2v) is 3.26. The number of nitrogens with zero attached hydrogens (tertiary/aromatic N) is 1. The van der Waals surface area contributed by atoms with Gasteiger partial charge in [-0.1, -0.05) is 0 Å². The molecule has 0 aliphatic carbocycles. The Bertz CT molecular complexity index is 360. The van der Waals surface area contributed by atoms with Crippen LogP contribution in [0.25, 0.3) is 0 Å². The number of anilines is 2. The molecular weight excluding hydrogens is 193 g/mol. The monoisotopic (exact) mass is 202 g/mol.